The zero-order chi connectivity index (χ0) is 23.4. The molecule has 0 saturated carbocycles. The third-order valence-corrected chi connectivity index (χ3v) is 5.82. The van der Waals surface area contributed by atoms with Gasteiger partial charge in [0.2, 0.25) is 11.8 Å². The lowest BCUT2D eigenvalue weighted by Gasteiger charge is -2.33. The lowest BCUT2D eigenvalue weighted by molar-refractivity contribution is -0.121. The maximum Gasteiger partial charge on any atom is 0.224 e. The molecule has 172 valence electrons. The Morgan fingerprint density at radius 2 is 1.52 bits per heavy atom. The Morgan fingerprint density at radius 1 is 0.909 bits per heavy atom. The van der Waals surface area contributed by atoms with E-state index in [1.807, 2.05) is 18.2 Å². The number of aromatic nitrogens is 1. The Kier molecular flexibility index (Phi) is 6.84. The third kappa shape index (κ3) is 5.84. The monoisotopic (exact) mass is 449 g/mol. The number of rotatable bonds is 6. The second kappa shape index (κ2) is 9.95. The number of pyridine rings is 1. The van der Waals surface area contributed by atoms with E-state index in [1.54, 1.807) is 0 Å². The normalized spacial score (nSPS) is 14.3. The number of nitrogens with one attached hydrogen (secondary N) is 2. The Labute approximate surface area is 192 Å². The topological polar surface area (TPSA) is 77.6 Å². The average Bonchev–Trinajstić information content (AvgIpc) is 2.80. The van der Waals surface area contributed by atoms with Crippen molar-refractivity contribution in [2.24, 2.45) is 0 Å². The first-order chi connectivity index (χ1) is 15.9. The van der Waals surface area contributed by atoms with Crippen LogP contribution in [0.15, 0.2) is 48.5 Å². The molecule has 0 unspecified atom stereocenters. The fraction of sp³-hybridized carbons (Fsp3) is 0.320. The highest BCUT2D eigenvalue weighted by Crippen LogP contribution is 2.26. The van der Waals surface area contributed by atoms with E-state index in [2.05, 4.69) is 40.5 Å². The number of fused-ring (bicyclic) bond motifs is 1. The van der Waals surface area contributed by atoms with E-state index in [1.165, 1.54) is 24.3 Å². The van der Waals surface area contributed by atoms with E-state index in [9.17, 15) is 14.0 Å². The SMILES string of the molecule is Cc1cc(N2CCN(C)CC2)nc2ccc(NC(=O)CCC(=O)Nc3ccc(F)cc3)cc12. The number of carbonyl (C=O) groups is 2. The van der Waals surface area contributed by atoms with Gasteiger partial charge in [-0.1, -0.05) is 0 Å². The van der Waals surface area contributed by atoms with E-state index < -0.39 is 0 Å². The number of benzene rings is 2. The van der Waals surface area contributed by atoms with Crippen molar-refractivity contribution in [2.75, 3.05) is 48.8 Å². The lowest BCUT2D eigenvalue weighted by Crippen LogP contribution is -2.44. The summed E-state index contributed by atoms with van der Waals surface area (Å²) in [6.45, 7) is 6.00. The van der Waals surface area contributed by atoms with Crippen LogP contribution in [0.2, 0.25) is 0 Å². The molecule has 0 spiro atoms. The molecule has 2 heterocycles. The molecule has 8 heteroatoms. The Balaban J connectivity index is 1.35. The number of carbonyl (C=O) groups excluding carboxylic acids is 2. The molecule has 33 heavy (non-hydrogen) atoms. The zero-order valence-corrected chi connectivity index (χ0v) is 18.9. The smallest absolute Gasteiger partial charge is 0.224 e. The summed E-state index contributed by atoms with van der Waals surface area (Å²) in [7, 11) is 2.13. The number of piperazine rings is 1. The van der Waals surface area contributed by atoms with Crippen LogP contribution in [0.3, 0.4) is 0 Å². The minimum absolute atomic E-state index is 0.0335. The van der Waals surface area contributed by atoms with Crippen molar-refractivity contribution in [1.82, 2.24) is 9.88 Å². The van der Waals surface area contributed by atoms with Crippen LogP contribution in [-0.2, 0) is 9.59 Å². The largest absolute Gasteiger partial charge is 0.354 e. The summed E-state index contributed by atoms with van der Waals surface area (Å²) in [5.41, 5.74) is 3.16. The molecular weight excluding hydrogens is 421 g/mol. The van der Waals surface area contributed by atoms with Gasteiger partial charge in [-0.25, -0.2) is 9.37 Å². The molecule has 1 aliphatic heterocycles. The highest BCUT2D eigenvalue weighted by Gasteiger charge is 2.17. The van der Waals surface area contributed by atoms with Crippen molar-refractivity contribution in [3.63, 3.8) is 0 Å². The van der Waals surface area contributed by atoms with Crippen molar-refractivity contribution in [3.05, 3.63) is 59.9 Å². The molecule has 1 aliphatic rings. The zero-order valence-electron chi connectivity index (χ0n) is 18.9. The van der Waals surface area contributed by atoms with E-state index >= 15 is 0 Å². The molecule has 1 saturated heterocycles. The van der Waals surface area contributed by atoms with E-state index in [4.69, 9.17) is 4.98 Å². The van der Waals surface area contributed by atoms with Crippen LogP contribution >= 0.6 is 0 Å². The quantitative estimate of drug-likeness (QED) is 0.599. The minimum Gasteiger partial charge on any atom is -0.354 e. The summed E-state index contributed by atoms with van der Waals surface area (Å²) in [4.78, 5) is 33.9. The van der Waals surface area contributed by atoms with Gasteiger partial charge in [0, 0.05) is 55.8 Å². The number of nitrogens with zero attached hydrogens (tertiary/aromatic N) is 3. The molecule has 2 amide bonds. The van der Waals surface area contributed by atoms with Crippen LogP contribution in [0.4, 0.5) is 21.6 Å². The molecule has 0 radical (unpaired) electrons. The molecular formula is C25H28FN5O2. The van der Waals surface area contributed by atoms with Gasteiger partial charge in [-0.05, 0) is 68.1 Å². The minimum atomic E-state index is -0.372. The average molecular weight is 450 g/mol. The van der Waals surface area contributed by atoms with Crippen molar-refractivity contribution < 1.29 is 14.0 Å². The van der Waals surface area contributed by atoms with Gasteiger partial charge >= 0.3 is 0 Å². The molecule has 2 aromatic carbocycles. The first kappa shape index (κ1) is 22.7. The molecule has 0 bridgehead atoms. The molecule has 4 rings (SSSR count). The van der Waals surface area contributed by atoms with Crippen molar-refractivity contribution in [3.8, 4) is 0 Å². The third-order valence-electron chi connectivity index (χ3n) is 5.82. The van der Waals surface area contributed by atoms with E-state index in [0.717, 1.165) is 48.5 Å². The van der Waals surface area contributed by atoms with Gasteiger partial charge in [0.05, 0.1) is 5.52 Å². The van der Waals surface area contributed by atoms with Crippen molar-refractivity contribution >= 4 is 39.9 Å². The summed E-state index contributed by atoms with van der Waals surface area (Å²) < 4.78 is 13.0. The predicted octanol–water partition coefficient (Wildman–Crippen LogP) is 3.79. The first-order valence-electron chi connectivity index (χ1n) is 11.1. The van der Waals surface area contributed by atoms with Gasteiger partial charge in [0.1, 0.15) is 11.6 Å². The highest BCUT2D eigenvalue weighted by molar-refractivity contribution is 5.98. The molecule has 1 fully saturated rings. The number of anilines is 3. The molecule has 0 atom stereocenters. The van der Waals surface area contributed by atoms with Crippen LogP contribution < -0.4 is 15.5 Å². The maximum absolute atomic E-state index is 13.0. The van der Waals surface area contributed by atoms with Crippen LogP contribution in [0.5, 0.6) is 0 Å². The van der Waals surface area contributed by atoms with Gasteiger partial charge in [0.15, 0.2) is 0 Å². The number of likely N-dealkylation sites (N-methyl/N-ethyl adjacent to an activating group) is 1. The summed E-state index contributed by atoms with van der Waals surface area (Å²) in [6, 6.07) is 13.3. The first-order valence-corrected chi connectivity index (χ1v) is 11.1. The number of hydrogen-bond acceptors (Lipinski definition) is 5. The second-order valence-corrected chi connectivity index (χ2v) is 8.42. The summed E-state index contributed by atoms with van der Waals surface area (Å²) in [5.74, 6) is 0.0656. The van der Waals surface area contributed by atoms with E-state index in [-0.39, 0.29) is 30.5 Å². The van der Waals surface area contributed by atoms with Gasteiger partial charge in [0.25, 0.3) is 0 Å². The van der Waals surface area contributed by atoms with Gasteiger partial charge in [-0.15, -0.1) is 0 Å². The number of amides is 2. The Hall–Kier alpha value is -3.52. The summed E-state index contributed by atoms with van der Waals surface area (Å²) in [5, 5.41) is 6.50. The van der Waals surface area contributed by atoms with Crippen LogP contribution in [-0.4, -0.2) is 54.9 Å². The van der Waals surface area contributed by atoms with Crippen LogP contribution in [0, 0.1) is 12.7 Å². The molecule has 3 aromatic rings. The lowest BCUT2D eigenvalue weighted by atomic mass is 10.1. The predicted molar refractivity (Wildman–Crippen MR) is 129 cm³/mol. The van der Waals surface area contributed by atoms with E-state index in [0.29, 0.717) is 11.4 Å². The molecule has 2 N–H and O–H groups in total. The molecule has 7 nitrogen and oxygen atoms in total. The van der Waals surface area contributed by atoms with Gasteiger partial charge in [-0.2, -0.15) is 0 Å². The van der Waals surface area contributed by atoms with Gasteiger partial charge < -0.3 is 20.4 Å². The molecule has 0 aliphatic carbocycles. The number of hydrogen-bond donors (Lipinski definition) is 2. The standard InChI is InChI=1S/C25H28FN5O2/c1-17-15-23(31-13-11-30(2)12-14-31)29-22-8-7-20(16-21(17)22)28-25(33)10-9-24(32)27-19-5-3-18(26)4-6-19/h3-8,15-16H,9-14H2,1-2H3,(H,27,32)(H,28,33). The summed E-state index contributed by atoms with van der Waals surface area (Å²) >= 11 is 0. The fourth-order valence-electron chi connectivity index (χ4n) is 3.86. The number of halogens is 1. The number of aryl methyl sites for hydroxylation is 1. The van der Waals surface area contributed by atoms with Crippen molar-refractivity contribution in [1.29, 1.82) is 0 Å². The second-order valence-electron chi connectivity index (χ2n) is 8.42. The Bertz CT molecular complexity index is 1160. The van der Waals surface area contributed by atoms with Crippen LogP contribution in [0.25, 0.3) is 10.9 Å². The van der Waals surface area contributed by atoms with Crippen LogP contribution in [0.1, 0.15) is 18.4 Å². The van der Waals surface area contributed by atoms with Gasteiger partial charge in [-0.3, -0.25) is 9.59 Å². The molecule has 1 aromatic heterocycles. The van der Waals surface area contributed by atoms with Crippen molar-refractivity contribution in [2.45, 2.75) is 19.8 Å². The summed E-state index contributed by atoms with van der Waals surface area (Å²) in [6.07, 6.45) is 0.0798. The fourth-order valence-corrected chi connectivity index (χ4v) is 3.86. The highest BCUT2D eigenvalue weighted by atomic mass is 19.1. The Morgan fingerprint density at radius 3 is 2.18 bits per heavy atom. The maximum atomic E-state index is 13.0.